The summed E-state index contributed by atoms with van der Waals surface area (Å²) in [5.74, 6) is -0.319. The fraction of sp³-hybridized carbons (Fsp3) is 0.600. The first-order valence-corrected chi connectivity index (χ1v) is 6.98. The van der Waals surface area contributed by atoms with Crippen molar-refractivity contribution in [3.05, 3.63) is 35.6 Å². The molecule has 2 bridgehead atoms. The van der Waals surface area contributed by atoms with Crippen LogP contribution in [0.1, 0.15) is 31.2 Å². The Balaban J connectivity index is 1.87. The van der Waals surface area contributed by atoms with Crippen molar-refractivity contribution in [1.82, 2.24) is 4.90 Å². The van der Waals surface area contributed by atoms with Gasteiger partial charge in [0, 0.05) is 24.2 Å². The van der Waals surface area contributed by atoms with Crippen LogP contribution in [0.15, 0.2) is 24.3 Å². The van der Waals surface area contributed by atoms with Gasteiger partial charge in [-0.25, -0.2) is 4.39 Å². The maximum atomic E-state index is 13.9. The van der Waals surface area contributed by atoms with Crippen molar-refractivity contribution in [2.24, 2.45) is 0 Å². The van der Waals surface area contributed by atoms with Crippen LogP contribution in [0.2, 0.25) is 0 Å². The number of piperidine rings is 1. The van der Waals surface area contributed by atoms with Crippen LogP contribution in [0.3, 0.4) is 0 Å². The van der Waals surface area contributed by atoms with Gasteiger partial charge in [0.15, 0.2) is 0 Å². The molecule has 2 fully saturated rings. The van der Waals surface area contributed by atoms with Crippen molar-refractivity contribution in [2.75, 3.05) is 13.2 Å². The van der Waals surface area contributed by atoms with E-state index < -0.39 is 5.60 Å². The molecule has 0 saturated carbocycles. The number of benzene rings is 1. The smallest absolute Gasteiger partial charge is 0.129 e. The van der Waals surface area contributed by atoms with Crippen molar-refractivity contribution < 1.29 is 14.6 Å². The van der Waals surface area contributed by atoms with E-state index in [9.17, 15) is 9.50 Å². The fourth-order valence-corrected chi connectivity index (χ4v) is 3.86. The van der Waals surface area contributed by atoms with Gasteiger partial charge in [0.05, 0.1) is 12.2 Å². The molecule has 0 aromatic heterocycles. The summed E-state index contributed by atoms with van der Waals surface area (Å²) < 4.78 is 13.9. The van der Waals surface area contributed by atoms with Crippen LogP contribution in [0, 0.1) is 5.82 Å². The van der Waals surface area contributed by atoms with E-state index in [-0.39, 0.29) is 24.5 Å². The summed E-state index contributed by atoms with van der Waals surface area (Å²) >= 11 is 0. The molecule has 2 aliphatic heterocycles. The molecular weight excluding hydrogens is 245 g/mol. The molecule has 0 spiro atoms. The highest BCUT2D eigenvalue weighted by atomic mass is 19.1. The number of halogens is 1. The molecule has 19 heavy (non-hydrogen) atoms. The quantitative estimate of drug-likeness (QED) is 0.873. The van der Waals surface area contributed by atoms with E-state index in [1.54, 1.807) is 18.2 Å². The summed E-state index contributed by atoms with van der Waals surface area (Å²) in [6.07, 6.45) is 3.18. The molecule has 2 unspecified atom stereocenters. The largest absolute Gasteiger partial charge is 0.395 e. The summed E-state index contributed by atoms with van der Waals surface area (Å²) in [5, 5.41) is 20.0. The van der Waals surface area contributed by atoms with Gasteiger partial charge in [0.1, 0.15) is 5.82 Å². The molecule has 1 aromatic rings. The van der Waals surface area contributed by atoms with Crippen LogP contribution < -0.4 is 0 Å². The molecule has 0 radical (unpaired) electrons. The second kappa shape index (κ2) is 4.85. The maximum absolute atomic E-state index is 13.9. The molecular formula is C15H20FNO2. The van der Waals surface area contributed by atoms with Gasteiger partial charge in [-0.15, -0.1) is 0 Å². The Morgan fingerprint density at radius 3 is 2.42 bits per heavy atom. The first-order valence-electron chi connectivity index (χ1n) is 6.98. The molecule has 1 aromatic carbocycles. The fourth-order valence-electron chi connectivity index (χ4n) is 3.86. The van der Waals surface area contributed by atoms with Crippen molar-refractivity contribution in [2.45, 2.75) is 43.4 Å². The average Bonchev–Trinajstić information content (AvgIpc) is 2.64. The summed E-state index contributed by atoms with van der Waals surface area (Å²) in [6, 6.07) is 7.05. The number of hydrogen-bond donors (Lipinski definition) is 2. The number of rotatable bonds is 3. The zero-order valence-electron chi connectivity index (χ0n) is 10.9. The van der Waals surface area contributed by atoms with Crippen molar-refractivity contribution in [3.8, 4) is 0 Å². The summed E-state index contributed by atoms with van der Waals surface area (Å²) in [4.78, 5) is 2.27. The SMILES string of the molecule is OCCN1C2CCC1CC(O)(c1ccccc1F)C2. The lowest BCUT2D eigenvalue weighted by Crippen LogP contribution is -2.50. The van der Waals surface area contributed by atoms with Gasteiger partial charge >= 0.3 is 0 Å². The van der Waals surface area contributed by atoms with Gasteiger partial charge < -0.3 is 10.2 Å². The van der Waals surface area contributed by atoms with E-state index >= 15 is 0 Å². The van der Waals surface area contributed by atoms with Gasteiger partial charge in [0.25, 0.3) is 0 Å². The molecule has 0 aliphatic carbocycles. The minimum atomic E-state index is -1.05. The molecule has 104 valence electrons. The molecule has 3 rings (SSSR count). The van der Waals surface area contributed by atoms with Gasteiger partial charge in [-0.3, -0.25) is 4.90 Å². The molecule has 4 heteroatoms. The number of nitrogens with zero attached hydrogens (tertiary/aromatic N) is 1. The minimum absolute atomic E-state index is 0.144. The minimum Gasteiger partial charge on any atom is -0.395 e. The lowest BCUT2D eigenvalue weighted by molar-refractivity contribution is -0.0618. The Hall–Kier alpha value is -0.970. The molecule has 0 amide bonds. The van der Waals surface area contributed by atoms with Crippen LogP contribution in [0.4, 0.5) is 4.39 Å². The Morgan fingerprint density at radius 1 is 1.21 bits per heavy atom. The van der Waals surface area contributed by atoms with Crippen LogP contribution in [0.25, 0.3) is 0 Å². The van der Waals surface area contributed by atoms with Gasteiger partial charge in [-0.1, -0.05) is 18.2 Å². The predicted octanol–water partition coefficient (Wildman–Crippen LogP) is 1.63. The maximum Gasteiger partial charge on any atom is 0.129 e. The third-order valence-electron chi connectivity index (χ3n) is 4.65. The van der Waals surface area contributed by atoms with Crippen LogP contribution in [-0.2, 0) is 5.60 Å². The number of aliphatic hydroxyl groups is 2. The van der Waals surface area contributed by atoms with Gasteiger partial charge in [-0.2, -0.15) is 0 Å². The van der Waals surface area contributed by atoms with Crippen LogP contribution >= 0.6 is 0 Å². The van der Waals surface area contributed by atoms with E-state index in [2.05, 4.69) is 4.90 Å². The van der Waals surface area contributed by atoms with Crippen molar-refractivity contribution >= 4 is 0 Å². The third kappa shape index (κ3) is 2.18. The first-order chi connectivity index (χ1) is 9.14. The summed E-state index contributed by atoms with van der Waals surface area (Å²) in [6.45, 7) is 0.799. The van der Waals surface area contributed by atoms with E-state index in [1.807, 2.05) is 0 Å². The van der Waals surface area contributed by atoms with Crippen LogP contribution in [0.5, 0.6) is 0 Å². The monoisotopic (exact) mass is 265 g/mol. The van der Waals surface area contributed by atoms with E-state index in [4.69, 9.17) is 5.11 Å². The highest BCUT2D eigenvalue weighted by Gasteiger charge is 2.48. The molecule has 2 N–H and O–H groups in total. The van der Waals surface area contributed by atoms with Crippen LogP contribution in [-0.4, -0.2) is 40.3 Å². The lowest BCUT2D eigenvalue weighted by atomic mass is 9.80. The Labute approximate surface area is 112 Å². The number of aliphatic hydroxyl groups excluding tert-OH is 1. The summed E-state index contributed by atoms with van der Waals surface area (Å²) in [7, 11) is 0. The second-order valence-electron chi connectivity index (χ2n) is 5.77. The standard InChI is InChI=1S/C15H20FNO2/c16-14-4-2-1-3-13(14)15(19)9-11-5-6-12(10-15)17(11)7-8-18/h1-4,11-12,18-19H,5-10H2. The highest BCUT2D eigenvalue weighted by Crippen LogP contribution is 2.45. The first kappa shape index (κ1) is 13.0. The number of fused-ring (bicyclic) bond motifs is 2. The molecule has 3 nitrogen and oxygen atoms in total. The molecule has 2 atom stereocenters. The van der Waals surface area contributed by atoms with E-state index in [0.717, 1.165) is 12.8 Å². The lowest BCUT2D eigenvalue weighted by Gasteiger charge is -2.44. The molecule has 2 heterocycles. The molecule has 2 saturated heterocycles. The van der Waals surface area contributed by atoms with Gasteiger partial charge in [-0.05, 0) is 31.7 Å². The number of hydrogen-bond acceptors (Lipinski definition) is 3. The second-order valence-corrected chi connectivity index (χ2v) is 5.77. The average molecular weight is 265 g/mol. The zero-order valence-corrected chi connectivity index (χ0v) is 10.9. The van der Waals surface area contributed by atoms with Gasteiger partial charge in [0.2, 0.25) is 0 Å². The molecule has 2 aliphatic rings. The topological polar surface area (TPSA) is 43.7 Å². The third-order valence-corrected chi connectivity index (χ3v) is 4.65. The van der Waals surface area contributed by atoms with Crippen molar-refractivity contribution in [1.29, 1.82) is 0 Å². The predicted molar refractivity (Wildman–Crippen MR) is 70.1 cm³/mol. The van der Waals surface area contributed by atoms with E-state index in [1.165, 1.54) is 6.07 Å². The normalized spacial score (nSPS) is 34.7. The summed E-state index contributed by atoms with van der Waals surface area (Å²) in [5.41, 5.74) is -0.626. The van der Waals surface area contributed by atoms with E-state index in [0.29, 0.717) is 24.9 Å². The Bertz CT molecular complexity index is 451. The Morgan fingerprint density at radius 2 is 1.84 bits per heavy atom. The zero-order chi connectivity index (χ0) is 13.5. The highest BCUT2D eigenvalue weighted by molar-refractivity contribution is 5.26. The Kier molecular flexibility index (Phi) is 3.33. The van der Waals surface area contributed by atoms with Crippen molar-refractivity contribution in [3.63, 3.8) is 0 Å².